The van der Waals surface area contributed by atoms with Crippen LogP contribution in [-0.4, -0.2) is 27.3 Å². The standard InChI is InChI=1S/C14H16N4O2/c1-10(18-9-15-8-16-18)14(19)17-12-6-7-20-13-5-3-2-4-11(12)13/h2-5,8-10,12H,6-7H2,1H3,(H,17,19)/t10-,12+/m1/s1. The molecule has 0 bridgehead atoms. The van der Waals surface area contributed by atoms with Crippen molar-refractivity contribution >= 4 is 5.91 Å². The van der Waals surface area contributed by atoms with E-state index in [1.54, 1.807) is 17.9 Å². The fourth-order valence-electron chi connectivity index (χ4n) is 2.32. The third-order valence-corrected chi connectivity index (χ3v) is 3.49. The third-order valence-electron chi connectivity index (χ3n) is 3.49. The second kappa shape index (κ2) is 5.32. The van der Waals surface area contributed by atoms with E-state index in [1.807, 2.05) is 24.3 Å². The van der Waals surface area contributed by atoms with Gasteiger partial charge < -0.3 is 10.1 Å². The van der Waals surface area contributed by atoms with Crippen molar-refractivity contribution in [2.75, 3.05) is 6.61 Å². The Labute approximate surface area is 116 Å². The minimum Gasteiger partial charge on any atom is -0.493 e. The van der Waals surface area contributed by atoms with E-state index in [0.29, 0.717) is 6.61 Å². The van der Waals surface area contributed by atoms with Gasteiger partial charge in [-0.05, 0) is 13.0 Å². The Kier molecular flexibility index (Phi) is 3.37. The highest BCUT2D eigenvalue weighted by atomic mass is 16.5. The summed E-state index contributed by atoms with van der Waals surface area (Å²) in [4.78, 5) is 16.1. The fourth-order valence-corrected chi connectivity index (χ4v) is 2.32. The molecular weight excluding hydrogens is 256 g/mol. The molecule has 1 aromatic heterocycles. The SMILES string of the molecule is C[C@H](C(=O)N[C@H]1CCOc2ccccc21)n1cncn1. The lowest BCUT2D eigenvalue weighted by Crippen LogP contribution is -2.36. The monoisotopic (exact) mass is 272 g/mol. The van der Waals surface area contributed by atoms with Gasteiger partial charge in [-0.1, -0.05) is 18.2 Å². The Bertz CT molecular complexity index is 597. The van der Waals surface area contributed by atoms with Gasteiger partial charge >= 0.3 is 0 Å². The van der Waals surface area contributed by atoms with Crippen molar-refractivity contribution in [3.63, 3.8) is 0 Å². The molecular formula is C14H16N4O2. The Morgan fingerprint density at radius 2 is 2.35 bits per heavy atom. The number of para-hydroxylation sites is 1. The maximum Gasteiger partial charge on any atom is 0.245 e. The van der Waals surface area contributed by atoms with Crippen LogP contribution in [0.5, 0.6) is 5.75 Å². The van der Waals surface area contributed by atoms with Crippen LogP contribution in [0.4, 0.5) is 0 Å². The smallest absolute Gasteiger partial charge is 0.245 e. The van der Waals surface area contributed by atoms with Crippen molar-refractivity contribution in [1.82, 2.24) is 20.1 Å². The predicted octanol–water partition coefficient (Wildman–Crippen LogP) is 1.48. The molecule has 0 spiro atoms. The van der Waals surface area contributed by atoms with Gasteiger partial charge in [-0.25, -0.2) is 9.67 Å². The van der Waals surface area contributed by atoms with Gasteiger partial charge in [0.25, 0.3) is 0 Å². The highest BCUT2D eigenvalue weighted by Crippen LogP contribution is 2.31. The van der Waals surface area contributed by atoms with E-state index in [9.17, 15) is 4.79 Å². The van der Waals surface area contributed by atoms with Crippen LogP contribution in [0.15, 0.2) is 36.9 Å². The first-order valence-electron chi connectivity index (χ1n) is 6.62. The largest absolute Gasteiger partial charge is 0.493 e. The maximum absolute atomic E-state index is 12.3. The zero-order chi connectivity index (χ0) is 13.9. The predicted molar refractivity (Wildman–Crippen MR) is 72.2 cm³/mol. The Morgan fingerprint density at radius 1 is 1.50 bits per heavy atom. The van der Waals surface area contributed by atoms with Crippen molar-refractivity contribution in [3.05, 3.63) is 42.5 Å². The Hall–Kier alpha value is -2.37. The molecule has 104 valence electrons. The second-order valence-electron chi connectivity index (χ2n) is 4.79. The summed E-state index contributed by atoms with van der Waals surface area (Å²) in [6.45, 7) is 2.41. The first kappa shape index (κ1) is 12.7. The molecule has 1 amide bonds. The first-order chi connectivity index (χ1) is 9.75. The molecule has 0 unspecified atom stereocenters. The van der Waals surface area contributed by atoms with E-state index in [2.05, 4.69) is 15.4 Å². The number of ether oxygens (including phenoxy) is 1. The topological polar surface area (TPSA) is 69.0 Å². The number of carbonyl (C=O) groups is 1. The molecule has 2 heterocycles. The van der Waals surface area contributed by atoms with E-state index in [4.69, 9.17) is 4.74 Å². The summed E-state index contributed by atoms with van der Waals surface area (Å²) < 4.78 is 7.13. The minimum absolute atomic E-state index is 0.0154. The van der Waals surface area contributed by atoms with E-state index >= 15 is 0 Å². The van der Waals surface area contributed by atoms with Crippen LogP contribution >= 0.6 is 0 Å². The number of benzene rings is 1. The van der Waals surface area contributed by atoms with Gasteiger partial charge in [0.15, 0.2) is 0 Å². The quantitative estimate of drug-likeness (QED) is 0.919. The molecule has 1 aromatic carbocycles. The summed E-state index contributed by atoms with van der Waals surface area (Å²) in [7, 11) is 0. The zero-order valence-corrected chi connectivity index (χ0v) is 11.2. The van der Waals surface area contributed by atoms with Gasteiger partial charge in [-0.3, -0.25) is 4.79 Å². The van der Waals surface area contributed by atoms with E-state index in [0.717, 1.165) is 17.7 Å². The van der Waals surface area contributed by atoms with Crippen LogP contribution in [0.2, 0.25) is 0 Å². The summed E-state index contributed by atoms with van der Waals surface area (Å²) in [6.07, 6.45) is 3.74. The number of nitrogens with zero attached hydrogens (tertiary/aromatic N) is 3. The first-order valence-corrected chi connectivity index (χ1v) is 6.62. The molecule has 3 rings (SSSR count). The molecule has 0 saturated heterocycles. The molecule has 20 heavy (non-hydrogen) atoms. The number of fused-ring (bicyclic) bond motifs is 1. The van der Waals surface area contributed by atoms with Crippen molar-refractivity contribution in [1.29, 1.82) is 0 Å². The lowest BCUT2D eigenvalue weighted by molar-refractivity contribution is -0.125. The van der Waals surface area contributed by atoms with Gasteiger partial charge in [0.2, 0.25) is 5.91 Å². The summed E-state index contributed by atoms with van der Waals surface area (Å²) in [5.74, 6) is 0.773. The number of hydrogen-bond donors (Lipinski definition) is 1. The number of amides is 1. The van der Waals surface area contributed by atoms with Crippen molar-refractivity contribution < 1.29 is 9.53 Å². The van der Waals surface area contributed by atoms with Gasteiger partial charge in [0, 0.05) is 12.0 Å². The zero-order valence-electron chi connectivity index (χ0n) is 11.2. The minimum atomic E-state index is -0.382. The van der Waals surface area contributed by atoms with Crippen LogP contribution in [0.1, 0.15) is 31.0 Å². The lowest BCUT2D eigenvalue weighted by atomic mass is 10.0. The van der Waals surface area contributed by atoms with Crippen LogP contribution in [0, 0.1) is 0 Å². The van der Waals surface area contributed by atoms with Crippen molar-refractivity contribution in [2.24, 2.45) is 0 Å². The molecule has 1 aliphatic heterocycles. The molecule has 0 aliphatic carbocycles. The summed E-state index contributed by atoms with van der Waals surface area (Å²) in [5, 5.41) is 7.05. The molecule has 6 heteroatoms. The molecule has 0 radical (unpaired) electrons. The number of nitrogens with one attached hydrogen (secondary N) is 1. The fraction of sp³-hybridized carbons (Fsp3) is 0.357. The second-order valence-corrected chi connectivity index (χ2v) is 4.79. The van der Waals surface area contributed by atoms with Gasteiger partial charge in [-0.2, -0.15) is 5.10 Å². The molecule has 1 aliphatic rings. The van der Waals surface area contributed by atoms with Crippen LogP contribution in [0.3, 0.4) is 0 Å². The molecule has 6 nitrogen and oxygen atoms in total. The molecule has 0 saturated carbocycles. The highest BCUT2D eigenvalue weighted by molar-refractivity contribution is 5.80. The average molecular weight is 272 g/mol. The summed E-state index contributed by atoms with van der Waals surface area (Å²) >= 11 is 0. The van der Waals surface area contributed by atoms with E-state index < -0.39 is 0 Å². The molecule has 0 fully saturated rings. The molecule has 1 N–H and O–H groups in total. The summed E-state index contributed by atoms with van der Waals surface area (Å²) in [6, 6.07) is 7.40. The maximum atomic E-state index is 12.3. The van der Waals surface area contributed by atoms with Gasteiger partial charge in [0.05, 0.1) is 12.6 Å². The average Bonchev–Trinajstić information content (AvgIpc) is 3.01. The number of carbonyl (C=O) groups excluding carboxylic acids is 1. The normalized spacial score (nSPS) is 18.8. The van der Waals surface area contributed by atoms with Crippen LogP contribution in [-0.2, 0) is 4.79 Å². The Morgan fingerprint density at radius 3 is 3.15 bits per heavy atom. The van der Waals surface area contributed by atoms with Crippen molar-refractivity contribution in [3.8, 4) is 5.75 Å². The van der Waals surface area contributed by atoms with Crippen molar-refractivity contribution in [2.45, 2.75) is 25.4 Å². The van der Waals surface area contributed by atoms with E-state index in [1.165, 1.54) is 6.33 Å². The number of aromatic nitrogens is 3. The Balaban J connectivity index is 1.74. The molecule has 2 atom stereocenters. The molecule has 2 aromatic rings. The van der Waals surface area contributed by atoms with Gasteiger partial charge in [-0.15, -0.1) is 0 Å². The van der Waals surface area contributed by atoms with E-state index in [-0.39, 0.29) is 18.0 Å². The summed E-state index contributed by atoms with van der Waals surface area (Å²) in [5.41, 5.74) is 1.03. The van der Waals surface area contributed by atoms with Crippen LogP contribution in [0.25, 0.3) is 0 Å². The lowest BCUT2D eigenvalue weighted by Gasteiger charge is -2.27. The number of hydrogen-bond acceptors (Lipinski definition) is 4. The van der Waals surface area contributed by atoms with Gasteiger partial charge in [0.1, 0.15) is 24.4 Å². The third kappa shape index (κ3) is 2.36. The van der Waals surface area contributed by atoms with Crippen LogP contribution < -0.4 is 10.1 Å². The number of rotatable bonds is 3. The highest BCUT2D eigenvalue weighted by Gasteiger charge is 2.25.